The second-order valence-corrected chi connectivity index (χ2v) is 5.90. The van der Waals surface area contributed by atoms with Crippen LogP contribution >= 0.6 is 0 Å². The summed E-state index contributed by atoms with van der Waals surface area (Å²) in [6, 6.07) is 3.87. The van der Waals surface area contributed by atoms with Crippen molar-refractivity contribution in [3.63, 3.8) is 0 Å². The average Bonchev–Trinajstić information content (AvgIpc) is 3.05. The van der Waals surface area contributed by atoms with Crippen LogP contribution in [0, 0.1) is 5.92 Å². The number of nitrogens with two attached hydrogens (primary N) is 1. The first kappa shape index (κ1) is 14.7. The number of amides is 1. The van der Waals surface area contributed by atoms with E-state index in [1.807, 2.05) is 17.0 Å². The lowest BCUT2D eigenvalue weighted by atomic mass is 9.92. The van der Waals surface area contributed by atoms with Crippen LogP contribution in [0.2, 0.25) is 0 Å². The van der Waals surface area contributed by atoms with Gasteiger partial charge >= 0.3 is 0 Å². The molecule has 6 heteroatoms. The Balaban J connectivity index is 1.79. The van der Waals surface area contributed by atoms with Gasteiger partial charge in [-0.1, -0.05) is 6.92 Å². The van der Waals surface area contributed by atoms with Gasteiger partial charge in [-0.2, -0.15) is 5.10 Å². The number of hydrogen-bond acceptors (Lipinski definition) is 4. The normalized spacial score (nSPS) is 21.8. The number of hydrogen-bond donors (Lipinski definition) is 1. The summed E-state index contributed by atoms with van der Waals surface area (Å²) in [6.45, 7) is 3.48. The molecule has 22 heavy (non-hydrogen) atoms. The van der Waals surface area contributed by atoms with E-state index < -0.39 is 0 Å². The van der Waals surface area contributed by atoms with Crippen molar-refractivity contribution in [1.82, 2.24) is 19.7 Å². The quantitative estimate of drug-likeness (QED) is 0.931. The summed E-state index contributed by atoms with van der Waals surface area (Å²) >= 11 is 0. The first-order valence-corrected chi connectivity index (χ1v) is 7.65. The molecule has 3 rings (SSSR count). The second kappa shape index (κ2) is 6.27. The van der Waals surface area contributed by atoms with E-state index in [-0.39, 0.29) is 11.9 Å². The van der Waals surface area contributed by atoms with Crippen LogP contribution < -0.4 is 5.73 Å². The van der Waals surface area contributed by atoms with Crippen LogP contribution in [0.3, 0.4) is 0 Å². The number of aromatic nitrogens is 3. The standard InChI is InChI=1S/C16H21N5O/c1-12-4-6-20(15(7-12)8-17)16(22)13-9-19-21(11-13)14-3-2-5-18-10-14/h2-3,5,9-12,15H,4,6-8,17H2,1H3. The van der Waals surface area contributed by atoms with Crippen molar-refractivity contribution < 1.29 is 4.79 Å². The third kappa shape index (κ3) is 2.87. The number of carbonyl (C=O) groups excluding carboxylic acids is 1. The van der Waals surface area contributed by atoms with Gasteiger partial charge in [-0.3, -0.25) is 9.78 Å². The lowest BCUT2D eigenvalue weighted by Crippen LogP contribution is -2.49. The van der Waals surface area contributed by atoms with Crippen LogP contribution in [-0.4, -0.2) is 44.7 Å². The van der Waals surface area contributed by atoms with Gasteiger partial charge in [0.25, 0.3) is 5.91 Å². The van der Waals surface area contributed by atoms with Gasteiger partial charge < -0.3 is 10.6 Å². The summed E-state index contributed by atoms with van der Waals surface area (Å²) in [6.07, 6.45) is 8.79. The molecule has 0 radical (unpaired) electrons. The van der Waals surface area contributed by atoms with E-state index in [2.05, 4.69) is 17.0 Å². The van der Waals surface area contributed by atoms with Crippen molar-refractivity contribution in [2.75, 3.05) is 13.1 Å². The third-order valence-corrected chi connectivity index (χ3v) is 4.25. The van der Waals surface area contributed by atoms with Crippen molar-refractivity contribution >= 4 is 5.91 Å². The van der Waals surface area contributed by atoms with Crippen LogP contribution in [0.5, 0.6) is 0 Å². The zero-order chi connectivity index (χ0) is 15.5. The smallest absolute Gasteiger partial charge is 0.257 e. The van der Waals surface area contributed by atoms with E-state index in [9.17, 15) is 4.79 Å². The summed E-state index contributed by atoms with van der Waals surface area (Å²) in [5.74, 6) is 0.633. The molecule has 2 N–H and O–H groups in total. The molecule has 2 atom stereocenters. The van der Waals surface area contributed by atoms with Gasteiger partial charge in [0, 0.05) is 31.5 Å². The molecular formula is C16H21N5O. The fourth-order valence-corrected chi connectivity index (χ4v) is 2.97. The zero-order valence-corrected chi connectivity index (χ0v) is 12.7. The van der Waals surface area contributed by atoms with E-state index in [0.29, 0.717) is 18.0 Å². The van der Waals surface area contributed by atoms with Crippen molar-refractivity contribution in [3.05, 3.63) is 42.5 Å². The Morgan fingerprint density at radius 2 is 2.32 bits per heavy atom. The maximum atomic E-state index is 12.7. The van der Waals surface area contributed by atoms with Crippen LogP contribution in [-0.2, 0) is 0 Å². The van der Waals surface area contributed by atoms with Gasteiger partial charge in [0.15, 0.2) is 0 Å². The molecular weight excluding hydrogens is 278 g/mol. The summed E-state index contributed by atoms with van der Waals surface area (Å²) in [5.41, 5.74) is 7.28. The van der Waals surface area contributed by atoms with Crippen LogP contribution in [0.15, 0.2) is 36.9 Å². The first-order valence-electron chi connectivity index (χ1n) is 7.65. The molecule has 0 spiro atoms. The van der Waals surface area contributed by atoms with Gasteiger partial charge in [0.2, 0.25) is 0 Å². The van der Waals surface area contributed by atoms with Gasteiger partial charge in [-0.15, -0.1) is 0 Å². The highest BCUT2D eigenvalue weighted by Gasteiger charge is 2.30. The molecule has 0 bridgehead atoms. The number of likely N-dealkylation sites (tertiary alicyclic amines) is 1. The molecule has 1 fully saturated rings. The van der Waals surface area contributed by atoms with E-state index >= 15 is 0 Å². The summed E-state index contributed by atoms with van der Waals surface area (Å²) < 4.78 is 1.67. The molecule has 116 valence electrons. The first-order chi connectivity index (χ1) is 10.7. The largest absolute Gasteiger partial charge is 0.334 e. The lowest BCUT2D eigenvalue weighted by molar-refractivity contribution is 0.0573. The minimum Gasteiger partial charge on any atom is -0.334 e. The molecule has 0 saturated carbocycles. The Morgan fingerprint density at radius 3 is 3.05 bits per heavy atom. The Labute approximate surface area is 129 Å². The minimum absolute atomic E-state index is 0.0116. The fraction of sp³-hybridized carbons (Fsp3) is 0.438. The van der Waals surface area contributed by atoms with E-state index in [0.717, 1.165) is 25.1 Å². The van der Waals surface area contributed by atoms with E-state index in [1.165, 1.54) is 0 Å². The van der Waals surface area contributed by atoms with Crippen molar-refractivity contribution in [3.8, 4) is 5.69 Å². The van der Waals surface area contributed by atoms with Crippen molar-refractivity contribution in [1.29, 1.82) is 0 Å². The minimum atomic E-state index is 0.0116. The molecule has 2 unspecified atom stereocenters. The number of carbonyl (C=O) groups is 1. The molecule has 1 aliphatic heterocycles. The van der Waals surface area contributed by atoms with Gasteiger partial charge in [-0.05, 0) is 30.9 Å². The highest BCUT2D eigenvalue weighted by atomic mass is 16.2. The Hall–Kier alpha value is -2.21. The summed E-state index contributed by atoms with van der Waals surface area (Å²) in [5, 5.41) is 4.27. The lowest BCUT2D eigenvalue weighted by Gasteiger charge is -2.37. The van der Waals surface area contributed by atoms with Crippen LogP contribution in [0.1, 0.15) is 30.1 Å². The van der Waals surface area contributed by atoms with Gasteiger partial charge in [0.05, 0.1) is 23.6 Å². The molecule has 1 amide bonds. The summed E-state index contributed by atoms with van der Waals surface area (Å²) in [4.78, 5) is 18.7. The molecule has 3 heterocycles. The van der Waals surface area contributed by atoms with Crippen LogP contribution in [0.25, 0.3) is 5.69 Å². The van der Waals surface area contributed by atoms with E-state index in [1.54, 1.807) is 29.5 Å². The monoisotopic (exact) mass is 299 g/mol. The van der Waals surface area contributed by atoms with Crippen molar-refractivity contribution in [2.45, 2.75) is 25.8 Å². The molecule has 2 aromatic rings. The van der Waals surface area contributed by atoms with Gasteiger partial charge in [-0.25, -0.2) is 4.68 Å². The molecule has 1 aliphatic rings. The molecule has 0 aromatic carbocycles. The van der Waals surface area contributed by atoms with E-state index in [4.69, 9.17) is 5.73 Å². The highest BCUT2D eigenvalue weighted by Crippen LogP contribution is 2.23. The fourth-order valence-electron chi connectivity index (χ4n) is 2.97. The molecule has 6 nitrogen and oxygen atoms in total. The second-order valence-electron chi connectivity index (χ2n) is 5.90. The number of rotatable bonds is 3. The maximum Gasteiger partial charge on any atom is 0.257 e. The zero-order valence-electron chi connectivity index (χ0n) is 12.7. The predicted molar refractivity (Wildman–Crippen MR) is 83.6 cm³/mol. The summed E-state index contributed by atoms with van der Waals surface area (Å²) in [7, 11) is 0. The molecule has 2 aromatic heterocycles. The SMILES string of the molecule is CC1CCN(C(=O)c2cnn(-c3cccnc3)c2)C(CN)C1. The predicted octanol–water partition coefficient (Wildman–Crippen LogP) is 1.47. The number of nitrogens with zero attached hydrogens (tertiary/aromatic N) is 4. The Kier molecular flexibility index (Phi) is 4.20. The molecule has 1 saturated heterocycles. The van der Waals surface area contributed by atoms with Crippen molar-refractivity contribution in [2.24, 2.45) is 11.7 Å². The van der Waals surface area contributed by atoms with Crippen LogP contribution in [0.4, 0.5) is 0 Å². The highest BCUT2D eigenvalue weighted by molar-refractivity contribution is 5.94. The van der Waals surface area contributed by atoms with Gasteiger partial charge in [0.1, 0.15) is 0 Å². The third-order valence-electron chi connectivity index (χ3n) is 4.25. The topological polar surface area (TPSA) is 77.0 Å². The molecule has 0 aliphatic carbocycles. The number of piperidine rings is 1. The Bertz CT molecular complexity index is 639. The Morgan fingerprint density at radius 1 is 1.45 bits per heavy atom. The maximum absolute atomic E-state index is 12.7. The average molecular weight is 299 g/mol. The number of pyridine rings is 1.